The number of hydrogen-bond acceptors (Lipinski definition) is 4. The molecule has 0 aliphatic carbocycles. The molecule has 1 atom stereocenters. The molecule has 1 aliphatic heterocycles. The van der Waals surface area contributed by atoms with Gasteiger partial charge in [-0.15, -0.1) is 0 Å². The van der Waals surface area contributed by atoms with Gasteiger partial charge in [0.2, 0.25) is 5.91 Å². The topological polar surface area (TPSA) is 90.1 Å². The second-order valence-electron chi connectivity index (χ2n) is 6.34. The molecule has 0 saturated carbocycles. The molecule has 3 N–H and O–H groups in total. The van der Waals surface area contributed by atoms with Gasteiger partial charge in [0.05, 0.1) is 22.2 Å². The molecule has 2 heterocycles. The van der Waals surface area contributed by atoms with Crippen molar-refractivity contribution in [2.45, 2.75) is 30.1 Å². The molecule has 1 aliphatic rings. The predicted octanol–water partition coefficient (Wildman–Crippen LogP) is 2.78. The fourth-order valence-electron chi connectivity index (χ4n) is 3.02. The maximum Gasteiger partial charge on any atom is 0.321 e. The molecule has 1 aromatic carbocycles. The smallest absolute Gasteiger partial charge is 0.321 e. The monoisotopic (exact) mass is 373 g/mol. The molecule has 3 amide bonds. The number of likely N-dealkylation sites (tertiary alicyclic amines) is 1. The van der Waals surface area contributed by atoms with Crippen LogP contribution in [0.2, 0.25) is 0 Å². The normalized spacial score (nSPS) is 16.6. The number of nitrogens with one attached hydrogen (secondary N) is 3. The fraction of sp³-hybridized carbons (Fsp3) is 0.389. The zero-order valence-corrected chi connectivity index (χ0v) is 15.9. The van der Waals surface area contributed by atoms with Crippen molar-refractivity contribution in [2.75, 3.05) is 25.5 Å². The molecular weight excluding hydrogens is 350 g/mol. The van der Waals surface area contributed by atoms with Crippen molar-refractivity contribution in [3.05, 3.63) is 35.7 Å². The first-order chi connectivity index (χ1) is 12.5. The number of carbonyl (C=O) groups excluding carboxylic acids is 2. The van der Waals surface area contributed by atoms with Crippen LogP contribution in [0.4, 0.5) is 10.5 Å². The summed E-state index contributed by atoms with van der Waals surface area (Å²) in [7, 11) is 1.62. The van der Waals surface area contributed by atoms with Crippen LogP contribution in [0.15, 0.2) is 34.1 Å². The Hall–Kier alpha value is -2.48. The molecule has 26 heavy (non-hydrogen) atoms. The quantitative estimate of drug-likeness (QED) is 0.769. The first kappa shape index (κ1) is 18.3. The van der Waals surface area contributed by atoms with Gasteiger partial charge in [0.25, 0.3) is 0 Å². The van der Waals surface area contributed by atoms with Crippen LogP contribution in [0, 0.1) is 19.8 Å². The molecule has 1 aromatic heterocycles. The second-order valence-corrected chi connectivity index (χ2v) is 7.39. The molecular formula is C18H23N5O2S. The van der Waals surface area contributed by atoms with Gasteiger partial charge in [0.15, 0.2) is 0 Å². The molecule has 1 fully saturated rings. The van der Waals surface area contributed by atoms with Gasteiger partial charge >= 0.3 is 6.03 Å². The van der Waals surface area contributed by atoms with E-state index < -0.39 is 0 Å². The lowest BCUT2D eigenvalue weighted by Crippen LogP contribution is -2.35. The molecule has 8 heteroatoms. The third kappa shape index (κ3) is 3.85. The number of carbonyl (C=O) groups is 2. The van der Waals surface area contributed by atoms with Gasteiger partial charge in [-0.1, -0.05) is 23.9 Å². The summed E-state index contributed by atoms with van der Waals surface area (Å²) in [4.78, 5) is 28.1. The minimum absolute atomic E-state index is 0.0119. The Labute approximate surface area is 156 Å². The molecule has 3 rings (SSSR count). The molecule has 0 spiro atoms. The SMILES string of the molecule is CNC(=O)[C@H]1CCN(C(=O)Nc2ccccc2Sc2c(C)n[nH]c2C)C1. The summed E-state index contributed by atoms with van der Waals surface area (Å²) in [5.41, 5.74) is 2.69. The van der Waals surface area contributed by atoms with E-state index >= 15 is 0 Å². The van der Waals surface area contributed by atoms with Crippen molar-refractivity contribution >= 4 is 29.4 Å². The average Bonchev–Trinajstić information content (AvgIpc) is 3.25. The first-order valence-corrected chi connectivity index (χ1v) is 9.37. The number of urea groups is 1. The number of aryl methyl sites for hydroxylation is 2. The van der Waals surface area contributed by atoms with Gasteiger partial charge in [-0.05, 0) is 32.4 Å². The highest BCUT2D eigenvalue weighted by Crippen LogP contribution is 2.36. The third-order valence-electron chi connectivity index (χ3n) is 4.49. The number of anilines is 1. The molecule has 7 nitrogen and oxygen atoms in total. The van der Waals surface area contributed by atoms with Crippen LogP contribution in [0.3, 0.4) is 0 Å². The summed E-state index contributed by atoms with van der Waals surface area (Å²) in [5.74, 6) is -0.145. The highest BCUT2D eigenvalue weighted by molar-refractivity contribution is 7.99. The van der Waals surface area contributed by atoms with Gasteiger partial charge in [-0.25, -0.2) is 4.79 Å². The van der Waals surface area contributed by atoms with E-state index in [4.69, 9.17) is 0 Å². The van der Waals surface area contributed by atoms with Crippen molar-refractivity contribution in [1.82, 2.24) is 20.4 Å². The Balaban J connectivity index is 1.71. The summed E-state index contributed by atoms with van der Waals surface area (Å²) in [6.07, 6.45) is 0.691. The van der Waals surface area contributed by atoms with Crippen molar-refractivity contribution in [3.63, 3.8) is 0 Å². The summed E-state index contributed by atoms with van der Waals surface area (Å²) >= 11 is 1.58. The lowest BCUT2D eigenvalue weighted by Gasteiger charge is -2.18. The molecule has 0 bridgehead atoms. The molecule has 138 valence electrons. The van der Waals surface area contributed by atoms with Crippen molar-refractivity contribution < 1.29 is 9.59 Å². The standard InChI is InChI=1S/C18H23N5O2S/c1-11-16(12(2)22-21-11)26-15-7-5-4-6-14(15)20-18(25)23-9-8-13(10-23)17(24)19-3/h4-7,13H,8-10H2,1-3H3,(H,19,24)(H,20,25)(H,21,22)/t13-/m0/s1. The summed E-state index contributed by atoms with van der Waals surface area (Å²) in [5, 5.41) is 12.8. The number of aromatic nitrogens is 2. The maximum atomic E-state index is 12.6. The van der Waals surface area contributed by atoms with Crippen LogP contribution in [0.25, 0.3) is 0 Å². The first-order valence-electron chi connectivity index (χ1n) is 8.55. The van der Waals surface area contributed by atoms with E-state index in [1.165, 1.54) is 0 Å². The van der Waals surface area contributed by atoms with E-state index in [2.05, 4.69) is 20.8 Å². The molecule has 2 aromatic rings. The summed E-state index contributed by atoms with van der Waals surface area (Å²) in [6, 6.07) is 7.53. The van der Waals surface area contributed by atoms with Crippen molar-refractivity contribution in [1.29, 1.82) is 0 Å². The van der Waals surface area contributed by atoms with Crippen LogP contribution in [0.5, 0.6) is 0 Å². The van der Waals surface area contributed by atoms with Gasteiger partial charge in [-0.2, -0.15) is 5.10 Å². The Bertz CT molecular complexity index is 800. The zero-order chi connectivity index (χ0) is 18.7. The number of amides is 3. The number of rotatable bonds is 4. The van der Waals surface area contributed by atoms with Crippen LogP contribution in [-0.4, -0.2) is 47.2 Å². The average molecular weight is 373 g/mol. The van der Waals surface area contributed by atoms with E-state index in [-0.39, 0.29) is 17.9 Å². The number of benzene rings is 1. The minimum Gasteiger partial charge on any atom is -0.359 e. The zero-order valence-electron chi connectivity index (χ0n) is 15.1. The number of nitrogens with zero attached hydrogens (tertiary/aromatic N) is 2. The van der Waals surface area contributed by atoms with Gasteiger partial charge < -0.3 is 15.5 Å². The summed E-state index contributed by atoms with van der Waals surface area (Å²) < 4.78 is 0. The van der Waals surface area contributed by atoms with Gasteiger partial charge in [0.1, 0.15) is 0 Å². The third-order valence-corrected chi connectivity index (χ3v) is 5.88. The van der Waals surface area contributed by atoms with Crippen LogP contribution in [-0.2, 0) is 4.79 Å². The van der Waals surface area contributed by atoms with E-state index in [9.17, 15) is 9.59 Å². The van der Waals surface area contributed by atoms with Gasteiger partial charge in [0, 0.05) is 30.7 Å². The Morgan fingerprint density at radius 1 is 1.31 bits per heavy atom. The highest BCUT2D eigenvalue weighted by atomic mass is 32.2. The minimum atomic E-state index is -0.176. The summed E-state index contributed by atoms with van der Waals surface area (Å²) in [6.45, 7) is 4.96. The lowest BCUT2D eigenvalue weighted by molar-refractivity contribution is -0.124. The van der Waals surface area contributed by atoms with Crippen LogP contribution in [0.1, 0.15) is 17.8 Å². The molecule has 1 saturated heterocycles. The van der Waals surface area contributed by atoms with Crippen LogP contribution < -0.4 is 10.6 Å². The Morgan fingerprint density at radius 2 is 2.08 bits per heavy atom. The van der Waals surface area contributed by atoms with E-state index in [1.54, 1.807) is 23.7 Å². The maximum absolute atomic E-state index is 12.6. The molecule has 0 unspecified atom stereocenters. The number of hydrogen-bond donors (Lipinski definition) is 3. The lowest BCUT2D eigenvalue weighted by atomic mass is 10.1. The van der Waals surface area contributed by atoms with E-state index in [1.807, 2.05) is 38.1 Å². The number of aromatic amines is 1. The number of para-hydroxylation sites is 1. The van der Waals surface area contributed by atoms with E-state index in [0.717, 1.165) is 26.9 Å². The fourth-order valence-corrected chi connectivity index (χ4v) is 4.00. The van der Waals surface area contributed by atoms with Crippen LogP contribution >= 0.6 is 11.8 Å². The second kappa shape index (κ2) is 7.82. The Kier molecular flexibility index (Phi) is 5.51. The molecule has 0 radical (unpaired) electrons. The predicted molar refractivity (Wildman–Crippen MR) is 101 cm³/mol. The number of H-pyrrole nitrogens is 1. The Morgan fingerprint density at radius 3 is 2.77 bits per heavy atom. The van der Waals surface area contributed by atoms with Crippen molar-refractivity contribution in [2.24, 2.45) is 5.92 Å². The van der Waals surface area contributed by atoms with Gasteiger partial charge in [-0.3, -0.25) is 9.89 Å². The largest absolute Gasteiger partial charge is 0.359 e. The highest BCUT2D eigenvalue weighted by Gasteiger charge is 2.30. The van der Waals surface area contributed by atoms with Crippen molar-refractivity contribution in [3.8, 4) is 0 Å². The van der Waals surface area contributed by atoms with E-state index in [0.29, 0.717) is 19.5 Å².